The molecule has 1 atom stereocenters. The molecule has 0 saturated heterocycles. The highest BCUT2D eigenvalue weighted by Crippen LogP contribution is 2.23. The number of hydrogen-bond acceptors (Lipinski definition) is 4. The third kappa shape index (κ3) is 4.02. The van der Waals surface area contributed by atoms with E-state index in [2.05, 4.69) is 4.98 Å². The first-order valence-electron chi connectivity index (χ1n) is 9.04. The monoisotopic (exact) mass is 402 g/mol. The Labute approximate surface area is 165 Å². The molecule has 0 saturated carbocycles. The van der Waals surface area contributed by atoms with Gasteiger partial charge in [0, 0.05) is 23.7 Å². The van der Waals surface area contributed by atoms with Crippen LogP contribution in [0.1, 0.15) is 41.5 Å². The second kappa shape index (κ2) is 8.08. The number of carbonyl (C=O) groups is 1. The maximum atomic E-state index is 13.5. The summed E-state index contributed by atoms with van der Waals surface area (Å²) in [5.74, 6) is -3.35. The lowest BCUT2D eigenvalue weighted by molar-refractivity contribution is 0.0694. The largest absolute Gasteiger partial charge is 0.477 e. The van der Waals surface area contributed by atoms with Gasteiger partial charge in [-0.15, -0.1) is 0 Å². The Kier molecular flexibility index (Phi) is 5.74. The van der Waals surface area contributed by atoms with E-state index >= 15 is 0 Å². The third-order valence-electron chi connectivity index (χ3n) is 4.89. The molecule has 1 aromatic carbocycles. The van der Waals surface area contributed by atoms with Gasteiger partial charge in [0.2, 0.25) is 5.43 Å². The lowest BCUT2D eigenvalue weighted by Crippen LogP contribution is -2.25. The van der Waals surface area contributed by atoms with Crippen molar-refractivity contribution < 1.29 is 23.8 Å². The molecule has 3 aromatic rings. The Morgan fingerprint density at radius 3 is 2.52 bits per heavy atom. The van der Waals surface area contributed by atoms with Crippen molar-refractivity contribution in [3.05, 3.63) is 75.3 Å². The molecule has 0 spiro atoms. The zero-order chi connectivity index (χ0) is 21.3. The van der Waals surface area contributed by atoms with E-state index in [4.69, 9.17) is 0 Å². The third-order valence-corrected chi connectivity index (χ3v) is 4.89. The zero-order valence-corrected chi connectivity index (χ0v) is 15.9. The number of carboxylic acids is 1. The summed E-state index contributed by atoms with van der Waals surface area (Å²) in [6.45, 7) is 3.50. The van der Waals surface area contributed by atoms with Crippen LogP contribution >= 0.6 is 0 Å². The fraction of sp³-hybridized carbons (Fsp3) is 0.286. The van der Waals surface area contributed by atoms with E-state index < -0.39 is 34.6 Å². The van der Waals surface area contributed by atoms with Crippen molar-refractivity contribution in [1.82, 2.24) is 9.55 Å². The van der Waals surface area contributed by atoms with Crippen LogP contribution in [0.2, 0.25) is 0 Å². The summed E-state index contributed by atoms with van der Waals surface area (Å²) in [6.07, 6.45) is 2.80. The molecule has 2 heterocycles. The van der Waals surface area contributed by atoms with E-state index in [1.54, 1.807) is 4.57 Å². The number of halogens is 2. The van der Waals surface area contributed by atoms with Crippen molar-refractivity contribution >= 4 is 16.9 Å². The van der Waals surface area contributed by atoms with Crippen molar-refractivity contribution in [2.75, 3.05) is 6.61 Å². The van der Waals surface area contributed by atoms with Gasteiger partial charge in [-0.1, -0.05) is 19.9 Å². The predicted octanol–water partition coefficient (Wildman–Crippen LogP) is 3.15. The second-order valence-electron chi connectivity index (χ2n) is 7.20. The highest BCUT2D eigenvalue weighted by Gasteiger charge is 2.21. The fourth-order valence-electron chi connectivity index (χ4n) is 3.29. The van der Waals surface area contributed by atoms with Crippen LogP contribution in [-0.2, 0) is 6.42 Å². The molecular formula is C21H20F2N2O4. The van der Waals surface area contributed by atoms with Crippen molar-refractivity contribution in [1.29, 1.82) is 0 Å². The maximum absolute atomic E-state index is 13.5. The van der Waals surface area contributed by atoms with Crippen LogP contribution in [0, 0.1) is 17.6 Å². The minimum absolute atomic E-state index is 0.0331. The topological polar surface area (TPSA) is 92.4 Å². The van der Waals surface area contributed by atoms with Gasteiger partial charge >= 0.3 is 5.97 Å². The molecule has 1 unspecified atom stereocenters. The molecule has 0 aliphatic rings. The van der Waals surface area contributed by atoms with Gasteiger partial charge in [-0.2, -0.15) is 0 Å². The number of pyridine rings is 2. The number of aliphatic hydroxyl groups excluding tert-OH is 1. The Hall–Kier alpha value is -3.13. The number of aromatic carboxylic acids is 1. The average molecular weight is 402 g/mol. The van der Waals surface area contributed by atoms with Crippen LogP contribution in [0.5, 0.6) is 0 Å². The van der Waals surface area contributed by atoms with Crippen LogP contribution in [-0.4, -0.2) is 32.3 Å². The Bertz CT molecular complexity index is 1140. The number of carboxylic acid groups (broad SMARTS) is 1. The van der Waals surface area contributed by atoms with Gasteiger partial charge < -0.3 is 14.8 Å². The van der Waals surface area contributed by atoms with Crippen molar-refractivity contribution in [3.8, 4) is 0 Å². The van der Waals surface area contributed by atoms with Gasteiger partial charge in [-0.05, 0) is 29.7 Å². The Morgan fingerprint density at radius 2 is 1.93 bits per heavy atom. The van der Waals surface area contributed by atoms with E-state index in [9.17, 15) is 28.6 Å². The lowest BCUT2D eigenvalue weighted by Gasteiger charge is -2.24. The van der Waals surface area contributed by atoms with Crippen LogP contribution < -0.4 is 5.43 Å². The van der Waals surface area contributed by atoms with E-state index in [1.165, 1.54) is 24.5 Å². The molecule has 3 rings (SSSR count). The minimum atomic E-state index is -1.37. The van der Waals surface area contributed by atoms with Gasteiger partial charge in [0.15, 0.2) is 11.6 Å². The van der Waals surface area contributed by atoms with E-state index in [-0.39, 0.29) is 24.3 Å². The van der Waals surface area contributed by atoms with Crippen LogP contribution in [0.25, 0.3) is 10.9 Å². The van der Waals surface area contributed by atoms with E-state index in [0.29, 0.717) is 16.8 Å². The second-order valence-corrected chi connectivity index (χ2v) is 7.20. The van der Waals surface area contributed by atoms with E-state index in [0.717, 1.165) is 12.1 Å². The Balaban J connectivity index is 2.18. The molecule has 152 valence electrons. The van der Waals surface area contributed by atoms with Crippen molar-refractivity contribution in [2.24, 2.45) is 5.92 Å². The molecular weight excluding hydrogens is 382 g/mol. The number of hydrogen-bond donors (Lipinski definition) is 2. The van der Waals surface area contributed by atoms with E-state index in [1.807, 2.05) is 13.8 Å². The minimum Gasteiger partial charge on any atom is -0.477 e. The first-order chi connectivity index (χ1) is 13.7. The number of nitrogens with zero attached hydrogens (tertiary/aromatic N) is 2. The maximum Gasteiger partial charge on any atom is 0.341 e. The number of aliphatic hydroxyl groups is 1. The highest BCUT2D eigenvalue weighted by molar-refractivity contribution is 5.92. The van der Waals surface area contributed by atoms with Gasteiger partial charge in [0.05, 0.1) is 24.4 Å². The smallest absolute Gasteiger partial charge is 0.341 e. The summed E-state index contributed by atoms with van der Waals surface area (Å²) in [4.78, 5) is 28.6. The van der Waals surface area contributed by atoms with Gasteiger partial charge in [-0.25, -0.2) is 13.6 Å². The first-order valence-corrected chi connectivity index (χ1v) is 9.04. The molecule has 0 aliphatic heterocycles. The lowest BCUT2D eigenvalue weighted by atomic mass is 10.0. The fourth-order valence-corrected chi connectivity index (χ4v) is 3.29. The standard InChI is InChI=1S/C21H20F2N2O4/c1-11(2)19(10-26)25-9-15(21(28)29)20(27)14-7-13(24-8-18(14)25)5-12-3-4-16(22)17(23)6-12/h3-4,6-9,11,19,26H,5,10H2,1-2H3,(H,28,29). The van der Waals surface area contributed by atoms with Gasteiger partial charge in [0.25, 0.3) is 0 Å². The molecule has 0 aliphatic carbocycles. The van der Waals surface area contributed by atoms with Crippen LogP contribution in [0.15, 0.2) is 41.5 Å². The molecule has 0 amide bonds. The van der Waals surface area contributed by atoms with Gasteiger partial charge in [-0.3, -0.25) is 9.78 Å². The van der Waals surface area contributed by atoms with Crippen LogP contribution in [0.3, 0.4) is 0 Å². The zero-order valence-electron chi connectivity index (χ0n) is 15.9. The average Bonchev–Trinajstić information content (AvgIpc) is 2.66. The summed E-state index contributed by atoms with van der Waals surface area (Å²) in [5.41, 5.74) is 0.169. The normalized spacial score (nSPS) is 12.5. The molecule has 6 nitrogen and oxygen atoms in total. The quantitative estimate of drug-likeness (QED) is 0.661. The van der Waals surface area contributed by atoms with Crippen LogP contribution in [0.4, 0.5) is 8.78 Å². The summed E-state index contributed by atoms with van der Waals surface area (Å²) in [5, 5.41) is 19.3. The van der Waals surface area contributed by atoms with Crippen molar-refractivity contribution in [2.45, 2.75) is 26.3 Å². The predicted molar refractivity (Wildman–Crippen MR) is 103 cm³/mol. The summed E-state index contributed by atoms with van der Waals surface area (Å²) in [7, 11) is 0. The SMILES string of the molecule is CC(C)C(CO)n1cc(C(=O)O)c(=O)c2cc(Cc3ccc(F)c(F)c3)ncc21. The molecule has 0 bridgehead atoms. The van der Waals surface area contributed by atoms with Crippen molar-refractivity contribution in [3.63, 3.8) is 0 Å². The molecule has 2 N–H and O–H groups in total. The molecule has 0 fully saturated rings. The van der Waals surface area contributed by atoms with Gasteiger partial charge in [0.1, 0.15) is 5.56 Å². The summed E-state index contributed by atoms with van der Waals surface area (Å²) >= 11 is 0. The number of benzene rings is 1. The molecule has 29 heavy (non-hydrogen) atoms. The highest BCUT2D eigenvalue weighted by atomic mass is 19.2. The number of aromatic nitrogens is 2. The Morgan fingerprint density at radius 1 is 1.21 bits per heavy atom. The molecule has 2 aromatic heterocycles. The summed E-state index contributed by atoms with van der Waals surface area (Å²) < 4.78 is 28.1. The first kappa shape index (κ1) is 20.6. The molecule has 0 radical (unpaired) electrons. The number of rotatable bonds is 6. The summed E-state index contributed by atoms with van der Waals surface area (Å²) in [6, 6.07) is 4.48. The molecule has 8 heteroatoms. The number of fused-ring (bicyclic) bond motifs is 1.